The van der Waals surface area contributed by atoms with Gasteiger partial charge >= 0.3 is 118 Å². The summed E-state index contributed by atoms with van der Waals surface area (Å²) in [5.41, 5.74) is 0. The molecular weight excluding hydrogens is 345 g/mol. The third-order valence-electron chi connectivity index (χ3n) is 4.19. The molecule has 0 amide bonds. The van der Waals surface area contributed by atoms with Gasteiger partial charge in [-0.3, -0.25) is 0 Å². The molecule has 106 valence electrons. The van der Waals surface area contributed by atoms with Crippen molar-refractivity contribution in [3.05, 3.63) is 0 Å². The third-order valence-corrected chi connectivity index (χ3v) is 14.0. The average molecular weight is 372 g/mol. The molecule has 0 aromatic carbocycles. The SMILES string of the molecule is [Cl][Pd]([Cl])([CH]1CCCCCC1)[CH]1CCCCCC1. The summed E-state index contributed by atoms with van der Waals surface area (Å²) in [6, 6.07) is 0. The molecule has 17 heavy (non-hydrogen) atoms. The van der Waals surface area contributed by atoms with Crippen LogP contribution >= 0.6 is 19.1 Å². The molecule has 0 aromatic rings. The van der Waals surface area contributed by atoms with Gasteiger partial charge in [0.2, 0.25) is 0 Å². The van der Waals surface area contributed by atoms with Crippen LogP contribution in [0.4, 0.5) is 0 Å². The maximum atomic E-state index is 6.95. The topological polar surface area (TPSA) is 0 Å². The van der Waals surface area contributed by atoms with Crippen molar-refractivity contribution >= 4 is 19.1 Å². The second-order valence-corrected chi connectivity index (χ2v) is 15.5. The zero-order valence-corrected chi connectivity index (χ0v) is 13.8. The number of hydrogen-bond donors (Lipinski definition) is 0. The number of hydrogen-bond acceptors (Lipinski definition) is 0. The van der Waals surface area contributed by atoms with Crippen LogP contribution < -0.4 is 0 Å². The van der Waals surface area contributed by atoms with Crippen LogP contribution in [-0.4, -0.2) is 0 Å². The van der Waals surface area contributed by atoms with E-state index in [1.165, 1.54) is 77.0 Å². The zero-order chi connectivity index (χ0) is 12.1. The van der Waals surface area contributed by atoms with Crippen molar-refractivity contribution < 1.29 is 13.5 Å². The van der Waals surface area contributed by atoms with E-state index in [1.807, 2.05) is 0 Å². The maximum absolute atomic E-state index is 6.95. The molecule has 0 saturated heterocycles. The Kier molecular flexibility index (Phi) is 6.15. The van der Waals surface area contributed by atoms with Gasteiger partial charge in [-0.2, -0.15) is 0 Å². The van der Waals surface area contributed by atoms with Crippen LogP contribution in [0.15, 0.2) is 0 Å². The first kappa shape index (κ1) is 14.6. The van der Waals surface area contributed by atoms with E-state index in [0.717, 1.165) is 0 Å². The van der Waals surface area contributed by atoms with E-state index in [0.29, 0.717) is 8.78 Å². The van der Waals surface area contributed by atoms with E-state index in [2.05, 4.69) is 0 Å². The fourth-order valence-electron chi connectivity index (χ4n) is 3.11. The van der Waals surface area contributed by atoms with E-state index in [-0.39, 0.29) is 0 Å². The molecule has 2 rings (SSSR count). The molecule has 0 N–H and O–H groups in total. The first-order valence-electron chi connectivity index (χ1n) is 7.24. The van der Waals surface area contributed by atoms with Crippen molar-refractivity contribution in [3.8, 4) is 0 Å². The summed E-state index contributed by atoms with van der Waals surface area (Å²) in [4.78, 5) is 0. The minimum atomic E-state index is -2.15. The summed E-state index contributed by atoms with van der Waals surface area (Å²) in [6.07, 6.45) is 16.4. The van der Waals surface area contributed by atoms with Gasteiger partial charge in [-0.1, -0.05) is 0 Å². The summed E-state index contributed by atoms with van der Waals surface area (Å²) < 4.78 is 1.40. The van der Waals surface area contributed by atoms with Gasteiger partial charge in [0.05, 0.1) is 0 Å². The molecule has 0 aliphatic heterocycles. The zero-order valence-electron chi connectivity index (χ0n) is 10.7. The summed E-state index contributed by atoms with van der Waals surface area (Å²) in [5, 5.41) is 0. The van der Waals surface area contributed by atoms with E-state index in [4.69, 9.17) is 19.1 Å². The second-order valence-electron chi connectivity index (χ2n) is 5.50. The van der Waals surface area contributed by atoms with Crippen LogP contribution in [0.25, 0.3) is 0 Å². The van der Waals surface area contributed by atoms with Crippen molar-refractivity contribution in [1.82, 2.24) is 0 Å². The normalized spacial score (nSPS) is 27.4. The third kappa shape index (κ3) is 4.10. The average Bonchev–Trinajstić information content (AvgIpc) is 2.74. The quantitative estimate of drug-likeness (QED) is 0.373. The monoisotopic (exact) mass is 370 g/mol. The molecule has 2 aliphatic rings. The second kappa shape index (κ2) is 7.14. The molecule has 0 heterocycles. The summed E-state index contributed by atoms with van der Waals surface area (Å²) in [6.45, 7) is 0. The van der Waals surface area contributed by atoms with Crippen molar-refractivity contribution in [2.45, 2.75) is 85.8 Å². The summed E-state index contributed by atoms with van der Waals surface area (Å²) in [5.74, 6) is 0. The molecule has 3 heteroatoms. The predicted octanol–water partition coefficient (Wildman–Crippen LogP) is 6.73. The summed E-state index contributed by atoms with van der Waals surface area (Å²) >= 11 is -2.15. The molecule has 0 bridgehead atoms. The molecule has 2 fully saturated rings. The Morgan fingerprint density at radius 1 is 0.529 bits per heavy atom. The van der Waals surface area contributed by atoms with E-state index >= 15 is 0 Å². The molecule has 0 spiro atoms. The van der Waals surface area contributed by atoms with Crippen molar-refractivity contribution in [1.29, 1.82) is 0 Å². The molecule has 0 unspecified atom stereocenters. The molecule has 0 atom stereocenters. The van der Waals surface area contributed by atoms with Crippen molar-refractivity contribution in [2.24, 2.45) is 0 Å². The number of halogens is 2. The molecule has 0 radical (unpaired) electrons. The Labute approximate surface area is 118 Å². The van der Waals surface area contributed by atoms with Gasteiger partial charge in [0.25, 0.3) is 0 Å². The Morgan fingerprint density at radius 2 is 0.824 bits per heavy atom. The van der Waals surface area contributed by atoms with Gasteiger partial charge < -0.3 is 0 Å². The first-order valence-corrected chi connectivity index (χ1v) is 13.0. The van der Waals surface area contributed by atoms with Gasteiger partial charge in [-0.15, -0.1) is 0 Å². The van der Waals surface area contributed by atoms with Crippen LogP contribution in [0.2, 0.25) is 8.78 Å². The van der Waals surface area contributed by atoms with E-state index < -0.39 is 13.5 Å². The Morgan fingerprint density at radius 3 is 1.12 bits per heavy atom. The Bertz CT molecular complexity index is 192. The van der Waals surface area contributed by atoms with Gasteiger partial charge in [0.15, 0.2) is 0 Å². The molecule has 0 aromatic heterocycles. The van der Waals surface area contributed by atoms with Crippen LogP contribution in [0.5, 0.6) is 0 Å². The minimum absolute atomic E-state index is 0.702. The van der Waals surface area contributed by atoms with E-state index in [9.17, 15) is 0 Å². The predicted molar refractivity (Wildman–Crippen MR) is 74.6 cm³/mol. The van der Waals surface area contributed by atoms with Crippen LogP contribution in [0, 0.1) is 0 Å². The Balaban J connectivity index is 1.98. The molecule has 0 nitrogen and oxygen atoms in total. The van der Waals surface area contributed by atoms with Gasteiger partial charge in [0.1, 0.15) is 0 Å². The standard InChI is InChI=1S/2C7H13.2ClH.Pd/c2*1-2-4-6-7-5-3-1;;;/h2*1H,2-7H2;2*1H;/q;;;;+2/p-2. The van der Waals surface area contributed by atoms with Crippen molar-refractivity contribution in [2.75, 3.05) is 0 Å². The first-order chi connectivity index (χ1) is 8.21. The van der Waals surface area contributed by atoms with E-state index in [1.54, 1.807) is 0 Å². The van der Waals surface area contributed by atoms with Gasteiger partial charge in [-0.05, 0) is 0 Å². The van der Waals surface area contributed by atoms with Gasteiger partial charge in [0, 0.05) is 0 Å². The fourth-order valence-corrected chi connectivity index (χ4v) is 11.1. The van der Waals surface area contributed by atoms with Crippen molar-refractivity contribution in [3.63, 3.8) is 0 Å². The molecule has 2 aliphatic carbocycles. The molecular formula is C14H26Cl2Pd. The summed E-state index contributed by atoms with van der Waals surface area (Å²) in [7, 11) is 13.9. The van der Waals surface area contributed by atoms with Gasteiger partial charge in [-0.25, -0.2) is 0 Å². The van der Waals surface area contributed by atoms with Crippen LogP contribution in [-0.2, 0) is 13.5 Å². The molecule has 2 saturated carbocycles. The van der Waals surface area contributed by atoms with Crippen LogP contribution in [0.3, 0.4) is 0 Å². The van der Waals surface area contributed by atoms with Crippen LogP contribution in [0.1, 0.15) is 77.0 Å². The fraction of sp³-hybridized carbons (Fsp3) is 1.00. The number of rotatable bonds is 2. The Hall–Kier alpha value is 1.24.